The van der Waals surface area contributed by atoms with Gasteiger partial charge in [0.15, 0.2) is 17.3 Å². The Hall–Kier alpha value is -2.38. The molecular weight excluding hydrogens is 332 g/mol. The Morgan fingerprint density at radius 2 is 2.04 bits per heavy atom. The minimum atomic E-state index is -1.05. The number of Topliss-reactive ketones (excluding diaryl/α,β-unsaturated/α-hetero) is 1. The molecule has 2 aliphatic rings. The van der Waals surface area contributed by atoms with E-state index in [1.807, 2.05) is 5.38 Å². The lowest BCUT2D eigenvalue weighted by Crippen LogP contribution is -2.29. The number of aliphatic hydroxyl groups is 1. The number of ether oxygens (including phenoxy) is 3. The quantitative estimate of drug-likeness (QED) is 0.675. The summed E-state index contributed by atoms with van der Waals surface area (Å²) in [5.74, 6) is -1.34. The third-order valence-corrected chi connectivity index (χ3v) is 5.22. The minimum Gasteiger partial charge on any atom is -0.465 e. The van der Waals surface area contributed by atoms with Gasteiger partial charge >= 0.3 is 5.97 Å². The molecule has 0 aliphatic carbocycles. The van der Waals surface area contributed by atoms with Gasteiger partial charge in [-0.15, -0.1) is 11.3 Å². The lowest BCUT2D eigenvalue weighted by molar-refractivity contribution is -0.144. The Morgan fingerprint density at radius 3 is 2.83 bits per heavy atom. The van der Waals surface area contributed by atoms with Crippen LogP contribution >= 0.6 is 11.3 Å². The number of esters is 1. The zero-order valence-electron chi connectivity index (χ0n) is 12.5. The highest BCUT2D eigenvalue weighted by Gasteiger charge is 2.46. The number of carbonyl (C=O) groups excluding carboxylic acids is 2. The molecule has 24 heavy (non-hydrogen) atoms. The number of hydrogen-bond donors (Lipinski definition) is 1. The Kier molecular flexibility index (Phi) is 3.74. The minimum absolute atomic E-state index is 0.0286. The van der Waals surface area contributed by atoms with Gasteiger partial charge in [0.1, 0.15) is 18.6 Å². The molecule has 0 radical (unpaired) electrons. The van der Waals surface area contributed by atoms with E-state index in [1.54, 1.807) is 30.3 Å². The van der Waals surface area contributed by atoms with Gasteiger partial charge in [-0.05, 0) is 29.6 Å². The molecule has 0 spiro atoms. The monoisotopic (exact) mass is 346 g/mol. The van der Waals surface area contributed by atoms with E-state index in [0.29, 0.717) is 21.9 Å². The highest BCUT2D eigenvalue weighted by atomic mass is 32.1. The summed E-state index contributed by atoms with van der Waals surface area (Å²) in [4.78, 5) is 25.6. The maximum atomic E-state index is 12.8. The zero-order valence-corrected chi connectivity index (χ0v) is 13.3. The second-order valence-electron chi connectivity index (χ2n) is 5.65. The van der Waals surface area contributed by atoms with E-state index in [-0.39, 0.29) is 19.2 Å². The Bertz CT molecular complexity index is 784. The van der Waals surface area contributed by atoms with Crippen LogP contribution in [0.1, 0.15) is 21.3 Å². The molecule has 7 heteroatoms. The molecule has 0 unspecified atom stereocenters. The van der Waals surface area contributed by atoms with Gasteiger partial charge in [-0.3, -0.25) is 9.59 Å². The number of carbonyl (C=O) groups is 2. The van der Waals surface area contributed by atoms with Crippen molar-refractivity contribution in [1.29, 1.82) is 0 Å². The summed E-state index contributed by atoms with van der Waals surface area (Å²) >= 11 is 1.34. The number of cyclic esters (lactones) is 1. The topological polar surface area (TPSA) is 82.1 Å². The third kappa shape index (κ3) is 2.46. The average molecular weight is 346 g/mol. The second-order valence-corrected chi connectivity index (χ2v) is 6.63. The third-order valence-electron chi connectivity index (χ3n) is 4.28. The normalized spacial score (nSPS) is 23.1. The first kappa shape index (κ1) is 15.2. The molecule has 2 aliphatic heterocycles. The van der Waals surface area contributed by atoms with Crippen molar-refractivity contribution in [3.63, 3.8) is 0 Å². The molecule has 124 valence electrons. The maximum absolute atomic E-state index is 12.8. The van der Waals surface area contributed by atoms with Crippen molar-refractivity contribution >= 4 is 23.1 Å². The SMILES string of the molecule is O=C1OC[C@H](C(=O)c2ccc3c(c2)OCO3)[C@H]1[C@@H](O)c1cccs1. The van der Waals surface area contributed by atoms with Crippen LogP contribution in [0, 0.1) is 11.8 Å². The fourth-order valence-electron chi connectivity index (χ4n) is 3.02. The van der Waals surface area contributed by atoms with Crippen LogP contribution in [0.3, 0.4) is 0 Å². The van der Waals surface area contributed by atoms with Gasteiger partial charge in [0, 0.05) is 10.4 Å². The molecule has 1 aromatic carbocycles. The van der Waals surface area contributed by atoms with E-state index < -0.39 is 23.9 Å². The van der Waals surface area contributed by atoms with Gasteiger partial charge in [-0.2, -0.15) is 0 Å². The number of benzene rings is 1. The van der Waals surface area contributed by atoms with Crippen LogP contribution < -0.4 is 9.47 Å². The van der Waals surface area contributed by atoms with Gasteiger partial charge < -0.3 is 19.3 Å². The molecule has 1 N–H and O–H groups in total. The van der Waals surface area contributed by atoms with Crippen LogP contribution in [0.4, 0.5) is 0 Å². The first-order valence-electron chi connectivity index (χ1n) is 7.47. The van der Waals surface area contributed by atoms with Crippen molar-refractivity contribution < 1.29 is 28.9 Å². The first-order chi connectivity index (χ1) is 11.6. The van der Waals surface area contributed by atoms with Gasteiger partial charge in [0.25, 0.3) is 0 Å². The van der Waals surface area contributed by atoms with Crippen LogP contribution in [-0.4, -0.2) is 30.3 Å². The van der Waals surface area contributed by atoms with Crippen molar-refractivity contribution in [3.05, 3.63) is 46.2 Å². The summed E-state index contributed by atoms with van der Waals surface area (Å²) in [5, 5.41) is 12.3. The molecule has 4 rings (SSSR count). The fraction of sp³-hybridized carbons (Fsp3) is 0.294. The van der Waals surface area contributed by atoms with E-state index in [4.69, 9.17) is 14.2 Å². The van der Waals surface area contributed by atoms with Gasteiger partial charge in [0.05, 0.1) is 5.92 Å². The van der Waals surface area contributed by atoms with E-state index in [1.165, 1.54) is 11.3 Å². The van der Waals surface area contributed by atoms with Gasteiger partial charge in [0.2, 0.25) is 6.79 Å². The average Bonchev–Trinajstić information content (AvgIpc) is 3.33. The molecule has 1 saturated heterocycles. The standard InChI is InChI=1S/C17H14O6S/c18-15(9-3-4-11-12(6-9)23-8-22-11)10-7-21-17(20)14(10)16(19)13-2-1-5-24-13/h1-6,10,14,16,19H,7-8H2/t10-,14-,16-/m0/s1. The molecular formula is C17H14O6S. The molecule has 0 amide bonds. The number of rotatable bonds is 4. The number of ketones is 1. The van der Waals surface area contributed by atoms with E-state index >= 15 is 0 Å². The van der Waals surface area contributed by atoms with E-state index in [9.17, 15) is 14.7 Å². The second kappa shape index (κ2) is 5.92. The lowest BCUT2D eigenvalue weighted by atomic mass is 9.84. The summed E-state index contributed by atoms with van der Waals surface area (Å²) in [6, 6.07) is 8.42. The molecule has 0 bridgehead atoms. The fourth-order valence-corrected chi connectivity index (χ4v) is 3.78. The van der Waals surface area contributed by atoms with Gasteiger partial charge in [-0.1, -0.05) is 6.07 Å². The molecule has 6 nitrogen and oxygen atoms in total. The van der Waals surface area contributed by atoms with E-state index in [0.717, 1.165) is 0 Å². The van der Waals surface area contributed by atoms with Crippen molar-refractivity contribution in [2.24, 2.45) is 11.8 Å². The summed E-state index contributed by atoms with van der Waals surface area (Å²) in [7, 11) is 0. The maximum Gasteiger partial charge on any atom is 0.312 e. The Morgan fingerprint density at radius 1 is 1.21 bits per heavy atom. The van der Waals surface area contributed by atoms with Crippen LogP contribution in [-0.2, 0) is 9.53 Å². The molecule has 1 aromatic heterocycles. The molecule has 2 aromatic rings. The summed E-state index contributed by atoms with van der Waals surface area (Å²) in [5.41, 5.74) is 0.408. The Balaban J connectivity index is 1.62. The largest absolute Gasteiger partial charge is 0.465 e. The molecule has 3 atom stereocenters. The van der Waals surface area contributed by atoms with Crippen molar-refractivity contribution in [1.82, 2.24) is 0 Å². The van der Waals surface area contributed by atoms with Crippen LogP contribution in [0.15, 0.2) is 35.7 Å². The zero-order chi connectivity index (χ0) is 16.7. The highest BCUT2D eigenvalue weighted by Crippen LogP contribution is 2.39. The highest BCUT2D eigenvalue weighted by molar-refractivity contribution is 7.10. The van der Waals surface area contributed by atoms with Crippen LogP contribution in [0.2, 0.25) is 0 Å². The van der Waals surface area contributed by atoms with Gasteiger partial charge in [-0.25, -0.2) is 0 Å². The molecule has 0 saturated carbocycles. The predicted octanol–water partition coefficient (Wildman–Crippen LogP) is 2.18. The summed E-state index contributed by atoms with van der Waals surface area (Å²) in [6.45, 7) is 0.0942. The molecule has 3 heterocycles. The Labute approximate surface area is 141 Å². The first-order valence-corrected chi connectivity index (χ1v) is 8.35. The smallest absolute Gasteiger partial charge is 0.312 e. The van der Waals surface area contributed by atoms with Crippen LogP contribution in [0.25, 0.3) is 0 Å². The van der Waals surface area contributed by atoms with Crippen molar-refractivity contribution in [3.8, 4) is 11.5 Å². The van der Waals surface area contributed by atoms with Crippen molar-refractivity contribution in [2.45, 2.75) is 6.10 Å². The molecule has 1 fully saturated rings. The number of thiophene rings is 1. The van der Waals surface area contributed by atoms with Crippen LogP contribution in [0.5, 0.6) is 11.5 Å². The van der Waals surface area contributed by atoms with Crippen molar-refractivity contribution in [2.75, 3.05) is 13.4 Å². The van der Waals surface area contributed by atoms with E-state index in [2.05, 4.69) is 0 Å². The summed E-state index contributed by atoms with van der Waals surface area (Å²) in [6.07, 6.45) is -1.05. The number of hydrogen-bond acceptors (Lipinski definition) is 7. The number of fused-ring (bicyclic) bond motifs is 1. The number of aliphatic hydroxyl groups excluding tert-OH is 1. The summed E-state index contributed by atoms with van der Waals surface area (Å²) < 4.78 is 15.6. The predicted molar refractivity (Wildman–Crippen MR) is 84.1 cm³/mol. The lowest BCUT2D eigenvalue weighted by Gasteiger charge is -2.19.